The van der Waals surface area contributed by atoms with Gasteiger partial charge in [-0.05, 0) is 74.5 Å². The van der Waals surface area contributed by atoms with E-state index in [4.69, 9.17) is 4.43 Å². The second-order valence-electron chi connectivity index (χ2n) is 8.24. The fraction of sp³-hybridized carbons (Fsp3) is 0.667. The highest BCUT2D eigenvalue weighted by molar-refractivity contribution is 6.73. The molecule has 0 heterocycles. The Morgan fingerprint density at radius 1 is 1.16 bits per heavy atom. The fourth-order valence-electron chi connectivity index (χ4n) is 4.88. The van der Waals surface area contributed by atoms with Crippen LogP contribution >= 0.6 is 0 Å². The number of Topliss-reactive ketones (excluding diaryl/α,β-unsaturated/α-hetero) is 1. The first-order valence-electron chi connectivity index (χ1n) is 9.74. The summed E-state index contributed by atoms with van der Waals surface area (Å²) in [4.78, 5) is 13.0. The van der Waals surface area contributed by atoms with Crippen molar-refractivity contribution >= 4 is 14.1 Å². The van der Waals surface area contributed by atoms with Crippen molar-refractivity contribution in [2.75, 3.05) is 6.61 Å². The number of carbonyl (C=O) groups excluding carboxylic acids is 1. The van der Waals surface area contributed by atoms with Gasteiger partial charge in [-0.1, -0.05) is 26.3 Å². The predicted octanol–water partition coefficient (Wildman–Crippen LogP) is 4.70. The first-order valence-corrected chi connectivity index (χ1v) is 12.3. The number of hydrogen-bond donors (Lipinski definition) is 1. The molecule has 138 valence electrons. The Bertz CT molecular complexity index is 692. The average molecular weight is 361 g/mol. The third-order valence-corrected chi connectivity index (χ3v) is 11.9. The number of carbonyl (C=O) groups is 1. The SMILES string of the molecule is CC[Si](CC)(CC)OCC1=C(C)C=C2C(=O)[C@](C)(O)C3(CC3)C(C)=C21. The summed E-state index contributed by atoms with van der Waals surface area (Å²) in [6.07, 6.45) is 3.77. The molecule has 4 heteroatoms. The molecule has 0 saturated heterocycles. The number of fused-ring (bicyclic) bond motifs is 1. The van der Waals surface area contributed by atoms with Crippen molar-refractivity contribution in [2.24, 2.45) is 5.41 Å². The summed E-state index contributed by atoms with van der Waals surface area (Å²) in [6.45, 7) is 13.2. The Labute approximate surface area is 153 Å². The molecule has 0 unspecified atom stereocenters. The van der Waals surface area contributed by atoms with Crippen molar-refractivity contribution in [3.8, 4) is 0 Å². The van der Waals surface area contributed by atoms with Crippen LogP contribution in [0.15, 0.2) is 33.9 Å². The monoisotopic (exact) mass is 360 g/mol. The van der Waals surface area contributed by atoms with Crippen LogP contribution in [-0.2, 0) is 9.22 Å². The van der Waals surface area contributed by atoms with Gasteiger partial charge in [-0.3, -0.25) is 4.79 Å². The smallest absolute Gasteiger partial charge is 0.195 e. The molecule has 0 aromatic rings. The van der Waals surface area contributed by atoms with E-state index < -0.39 is 13.9 Å². The molecule has 0 aliphatic heterocycles. The van der Waals surface area contributed by atoms with Crippen LogP contribution in [-0.4, -0.2) is 31.4 Å². The molecular weight excluding hydrogens is 328 g/mol. The molecule has 3 rings (SSSR count). The molecule has 3 aliphatic rings. The van der Waals surface area contributed by atoms with Crippen LogP contribution < -0.4 is 0 Å². The number of aliphatic hydroxyl groups is 1. The molecule has 1 N–H and O–H groups in total. The van der Waals surface area contributed by atoms with Crippen LogP contribution in [0.25, 0.3) is 0 Å². The van der Waals surface area contributed by atoms with Gasteiger partial charge in [0.25, 0.3) is 0 Å². The van der Waals surface area contributed by atoms with Crippen molar-refractivity contribution in [1.29, 1.82) is 0 Å². The standard InChI is InChI=1S/C21H32O3Si/c1-7-25(8-2,9-3)24-13-17-14(4)12-16-18(17)15(5)21(10-11-21)20(6,23)19(16)22/h12,23H,7-11,13H2,1-6H3/t20-/m0/s1. The zero-order chi connectivity index (χ0) is 18.6. The summed E-state index contributed by atoms with van der Waals surface area (Å²) in [6, 6.07) is 3.38. The maximum absolute atomic E-state index is 13.0. The van der Waals surface area contributed by atoms with Gasteiger partial charge in [0.1, 0.15) is 5.60 Å². The van der Waals surface area contributed by atoms with E-state index in [1.165, 1.54) is 11.1 Å². The van der Waals surface area contributed by atoms with Crippen molar-refractivity contribution in [3.63, 3.8) is 0 Å². The highest BCUT2D eigenvalue weighted by Gasteiger charge is 2.65. The van der Waals surface area contributed by atoms with Crippen molar-refractivity contribution in [1.82, 2.24) is 0 Å². The van der Waals surface area contributed by atoms with Gasteiger partial charge in [0.15, 0.2) is 14.1 Å². The molecule has 1 spiro atoms. The minimum Gasteiger partial charge on any atom is -0.413 e. The lowest BCUT2D eigenvalue weighted by Gasteiger charge is -2.39. The number of ketones is 1. The quantitative estimate of drug-likeness (QED) is 0.699. The van der Waals surface area contributed by atoms with E-state index in [0.29, 0.717) is 12.2 Å². The third-order valence-electron chi connectivity index (χ3n) is 7.33. The third kappa shape index (κ3) is 2.48. The number of hydrogen-bond acceptors (Lipinski definition) is 3. The zero-order valence-electron chi connectivity index (χ0n) is 16.6. The van der Waals surface area contributed by atoms with E-state index in [9.17, 15) is 9.90 Å². The van der Waals surface area contributed by atoms with E-state index in [-0.39, 0.29) is 11.2 Å². The summed E-state index contributed by atoms with van der Waals surface area (Å²) in [5.74, 6) is -0.107. The summed E-state index contributed by atoms with van der Waals surface area (Å²) in [5.41, 5.74) is 3.66. The minimum absolute atomic E-state index is 0.107. The molecule has 1 fully saturated rings. The maximum Gasteiger partial charge on any atom is 0.195 e. The Morgan fingerprint density at radius 3 is 2.20 bits per heavy atom. The van der Waals surface area contributed by atoms with Gasteiger partial charge in [-0.2, -0.15) is 0 Å². The van der Waals surface area contributed by atoms with Crippen molar-refractivity contribution < 1.29 is 14.3 Å². The van der Waals surface area contributed by atoms with Crippen LogP contribution in [0.3, 0.4) is 0 Å². The molecule has 3 nitrogen and oxygen atoms in total. The molecule has 0 bridgehead atoms. The number of allylic oxidation sites excluding steroid dienone is 2. The lowest BCUT2D eigenvalue weighted by atomic mass is 9.67. The van der Waals surface area contributed by atoms with Crippen LogP contribution in [0.2, 0.25) is 18.1 Å². The molecule has 0 aromatic carbocycles. The Balaban J connectivity index is 1.97. The molecule has 25 heavy (non-hydrogen) atoms. The summed E-state index contributed by atoms with van der Waals surface area (Å²) in [7, 11) is -1.67. The topological polar surface area (TPSA) is 46.5 Å². The van der Waals surface area contributed by atoms with E-state index in [2.05, 4.69) is 34.6 Å². The highest BCUT2D eigenvalue weighted by Crippen LogP contribution is 2.64. The van der Waals surface area contributed by atoms with Gasteiger partial charge in [0.05, 0.1) is 6.61 Å². The van der Waals surface area contributed by atoms with Gasteiger partial charge >= 0.3 is 0 Å². The number of rotatable bonds is 6. The largest absolute Gasteiger partial charge is 0.413 e. The zero-order valence-corrected chi connectivity index (χ0v) is 17.6. The first-order chi connectivity index (χ1) is 11.7. The van der Waals surface area contributed by atoms with Gasteiger partial charge < -0.3 is 9.53 Å². The van der Waals surface area contributed by atoms with E-state index in [1.54, 1.807) is 6.92 Å². The fourth-order valence-corrected chi connectivity index (χ4v) is 7.44. The van der Waals surface area contributed by atoms with Crippen LogP contribution in [0.4, 0.5) is 0 Å². The van der Waals surface area contributed by atoms with Crippen LogP contribution in [0.5, 0.6) is 0 Å². The Morgan fingerprint density at radius 2 is 1.72 bits per heavy atom. The van der Waals surface area contributed by atoms with Gasteiger partial charge in [0, 0.05) is 11.0 Å². The molecule has 0 aromatic heterocycles. The van der Waals surface area contributed by atoms with Gasteiger partial charge in [0.2, 0.25) is 0 Å². The van der Waals surface area contributed by atoms with Crippen LogP contribution in [0.1, 0.15) is 54.4 Å². The van der Waals surface area contributed by atoms with Crippen molar-refractivity contribution in [3.05, 3.63) is 33.9 Å². The average Bonchev–Trinajstić information content (AvgIpc) is 3.35. The summed E-state index contributed by atoms with van der Waals surface area (Å²) in [5, 5.41) is 10.9. The van der Waals surface area contributed by atoms with Crippen molar-refractivity contribution in [2.45, 2.75) is 78.1 Å². The Hall–Kier alpha value is -0.973. The summed E-state index contributed by atoms with van der Waals surface area (Å²) < 4.78 is 6.54. The van der Waals surface area contributed by atoms with Gasteiger partial charge in [-0.25, -0.2) is 0 Å². The van der Waals surface area contributed by atoms with Gasteiger partial charge in [-0.15, -0.1) is 0 Å². The van der Waals surface area contributed by atoms with E-state index in [1.807, 2.05) is 6.08 Å². The second-order valence-corrected chi connectivity index (χ2v) is 13.0. The lowest BCUT2D eigenvalue weighted by molar-refractivity contribution is -0.137. The lowest BCUT2D eigenvalue weighted by Crippen LogP contribution is -2.49. The van der Waals surface area contributed by atoms with E-state index in [0.717, 1.165) is 42.1 Å². The highest BCUT2D eigenvalue weighted by atomic mass is 28.4. The molecule has 3 aliphatic carbocycles. The molecular formula is C21H32O3Si. The molecule has 1 atom stereocenters. The van der Waals surface area contributed by atoms with Crippen LogP contribution in [0, 0.1) is 5.41 Å². The first kappa shape index (κ1) is 18.8. The van der Waals surface area contributed by atoms with E-state index >= 15 is 0 Å². The molecule has 0 amide bonds. The molecule has 0 radical (unpaired) electrons. The predicted molar refractivity (Wildman–Crippen MR) is 104 cm³/mol. The second kappa shape index (κ2) is 6.03. The molecule has 1 saturated carbocycles. The Kier molecular flexibility index (Phi) is 4.54. The minimum atomic E-state index is -1.67. The maximum atomic E-state index is 13.0. The summed E-state index contributed by atoms with van der Waals surface area (Å²) >= 11 is 0. The normalized spacial score (nSPS) is 28.0.